The van der Waals surface area contributed by atoms with E-state index in [2.05, 4.69) is 39.5 Å². The molecule has 1 nitrogen and oxygen atoms in total. The second-order valence-electron chi connectivity index (χ2n) is 5.32. The fraction of sp³-hybridized carbons (Fsp3) is 1.00. The maximum atomic E-state index is 2.66. The molecule has 1 aliphatic heterocycles. The lowest BCUT2D eigenvalue weighted by atomic mass is 9.97. The smallest absolute Gasteiger partial charge is 0.0128 e. The van der Waals surface area contributed by atoms with Crippen molar-refractivity contribution in [3.05, 3.63) is 0 Å². The minimum atomic E-state index is 0.367. The standard InChI is InChI=1S/C11H23N/c1-9(2)10-7-6-8-12(10)11(3,4)5/h9-10H,6-8H2,1-5H3. The highest BCUT2D eigenvalue weighted by molar-refractivity contribution is 4.89. The molecule has 12 heavy (non-hydrogen) atoms. The van der Waals surface area contributed by atoms with E-state index in [-0.39, 0.29) is 0 Å². The summed E-state index contributed by atoms with van der Waals surface area (Å²) < 4.78 is 0. The highest BCUT2D eigenvalue weighted by atomic mass is 15.2. The summed E-state index contributed by atoms with van der Waals surface area (Å²) in [5.41, 5.74) is 0.367. The van der Waals surface area contributed by atoms with Gasteiger partial charge in [0.2, 0.25) is 0 Å². The molecule has 0 amide bonds. The average Bonchev–Trinajstić information content (AvgIpc) is 2.30. The van der Waals surface area contributed by atoms with Crippen LogP contribution in [-0.2, 0) is 0 Å². The molecule has 0 saturated carbocycles. The zero-order chi connectivity index (χ0) is 9.35. The van der Waals surface area contributed by atoms with E-state index >= 15 is 0 Å². The summed E-state index contributed by atoms with van der Waals surface area (Å²) >= 11 is 0. The van der Waals surface area contributed by atoms with Crippen molar-refractivity contribution in [3.8, 4) is 0 Å². The Kier molecular flexibility index (Phi) is 2.82. The van der Waals surface area contributed by atoms with Crippen LogP contribution in [0.15, 0.2) is 0 Å². The Morgan fingerprint density at radius 3 is 2.17 bits per heavy atom. The van der Waals surface area contributed by atoms with E-state index < -0.39 is 0 Å². The van der Waals surface area contributed by atoms with Gasteiger partial charge >= 0.3 is 0 Å². The van der Waals surface area contributed by atoms with E-state index in [1.807, 2.05) is 0 Å². The lowest BCUT2D eigenvalue weighted by molar-refractivity contribution is 0.0957. The Balaban J connectivity index is 2.64. The Labute approximate surface area is 77.1 Å². The number of rotatable bonds is 1. The van der Waals surface area contributed by atoms with Gasteiger partial charge in [-0.15, -0.1) is 0 Å². The largest absolute Gasteiger partial charge is 0.295 e. The van der Waals surface area contributed by atoms with E-state index in [1.165, 1.54) is 19.4 Å². The first-order valence-electron chi connectivity index (χ1n) is 5.19. The van der Waals surface area contributed by atoms with Crippen LogP contribution in [0.5, 0.6) is 0 Å². The number of hydrogen-bond acceptors (Lipinski definition) is 1. The van der Waals surface area contributed by atoms with Crippen LogP contribution in [0.1, 0.15) is 47.5 Å². The van der Waals surface area contributed by atoms with E-state index in [1.54, 1.807) is 0 Å². The van der Waals surface area contributed by atoms with Crippen molar-refractivity contribution in [2.24, 2.45) is 5.92 Å². The lowest BCUT2D eigenvalue weighted by Gasteiger charge is -2.38. The molecule has 0 spiro atoms. The Morgan fingerprint density at radius 1 is 1.25 bits per heavy atom. The summed E-state index contributed by atoms with van der Waals surface area (Å²) in [6.07, 6.45) is 2.79. The molecule has 1 unspecified atom stereocenters. The van der Waals surface area contributed by atoms with Gasteiger partial charge in [0, 0.05) is 11.6 Å². The van der Waals surface area contributed by atoms with E-state index in [9.17, 15) is 0 Å². The SMILES string of the molecule is CC(C)C1CCCN1C(C)(C)C. The first kappa shape index (κ1) is 10.0. The molecule has 72 valence electrons. The summed E-state index contributed by atoms with van der Waals surface area (Å²) in [7, 11) is 0. The van der Waals surface area contributed by atoms with Gasteiger partial charge in [-0.1, -0.05) is 13.8 Å². The maximum Gasteiger partial charge on any atom is 0.0128 e. The van der Waals surface area contributed by atoms with Crippen molar-refractivity contribution in [2.75, 3.05) is 6.54 Å². The second-order valence-corrected chi connectivity index (χ2v) is 5.32. The average molecular weight is 169 g/mol. The number of likely N-dealkylation sites (tertiary alicyclic amines) is 1. The fourth-order valence-electron chi connectivity index (χ4n) is 2.32. The molecule has 0 aromatic heterocycles. The van der Waals surface area contributed by atoms with Crippen molar-refractivity contribution >= 4 is 0 Å². The van der Waals surface area contributed by atoms with Gasteiger partial charge in [-0.3, -0.25) is 4.90 Å². The van der Waals surface area contributed by atoms with Gasteiger partial charge in [0.05, 0.1) is 0 Å². The summed E-state index contributed by atoms with van der Waals surface area (Å²) in [5.74, 6) is 0.812. The monoisotopic (exact) mass is 169 g/mol. The molecular weight excluding hydrogens is 146 g/mol. The minimum Gasteiger partial charge on any atom is -0.295 e. The lowest BCUT2D eigenvalue weighted by Crippen LogP contribution is -2.46. The van der Waals surface area contributed by atoms with Crippen LogP contribution in [0, 0.1) is 5.92 Å². The van der Waals surface area contributed by atoms with Crippen LogP contribution in [0.2, 0.25) is 0 Å². The molecule has 0 aromatic rings. The zero-order valence-corrected chi connectivity index (χ0v) is 9.22. The molecule has 0 radical (unpaired) electrons. The molecular formula is C11H23N. The summed E-state index contributed by atoms with van der Waals surface area (Å²) in [6.45, 7) is 13.0. The van der Waals surface area contributed by atoms with Gasteiger partial charge < -0.3 is 0 Å². The highest BCUT2D eigenvalue weighted by Gasteiger charge is 2.33. The van der Waals surface area contributed by atoms with Crippen LogP contribution >= 0.6 is 0 Å². The van der Waals surface area contributed by atoms with Crippen LogP contribution in [0.25, 0.3) is 0 Å². The molecule has 0 aliphatic carbocycles. The topological polar surface area (TPSA) is 3.24 Å². The normalized spacial score (nSPS) is 27.0. The van der Waals surface area contributed by atoms with Crippen molar-refractivity contribution in [1.82, 2.24) is 4.90 Å². The van der Waals surface area contributed by atoms with Gasteiger partial charge in [-0.2, -0.15) is 0 Å². The van der Waals surface area contributed by atoms with Gasteiger partial charge in [0.15, 0.2) is 0 Å². The Morgan fingerprint density at radius 2 is 1.83 bits per heavy atom. The van der Waals surface area contributed by atoms with Crippen molar-refractivity contribution in [3.63, 3.8) is 0 Å². The van der Waals surface area contributed by atoms with Crippen LogP contribution in [-0.4, -0.2) is 23.0 Å². The molecule has 1 heteroatoms. The van der Waals surface area contributed by atoms with Crippen LogP contribution < -0.4 is 0 Å². The Hall–Kier alpha value is -0.0400. The maximum absolute atomic E-state index is 2.66. The van der Waals surface area contributed by atoms with Gasteiger partial charge in [-0.25, -0.2) is 0 Å². The van der Waals surface area contributed by atoms with Crippen molar-refractivity contribution < 1.29 is 0 Å². The summed E-state index contributed by atoms with van der Waals surface area (Å²) in [6, 6.07) is 0.824. The highest BCUT2D eigenvalue weighted by Crippen LogP contribution is 2.30. The first-order chi connectivity index (χ1) is 5.43. The van der Waals surface area contributed by atoms with Crippen molar-refractivity contribution in [2.45, 2.75) is 59.0 Å². The van der Waals surface area contributed by atoms with Gasteiger partial charge in [0.25, 0.3) is 0 Å². The van der Waals surface area contributed by atoms with E-state index in [0.29, 0.717) is 5.54 Å². The van der Waals surface area contributed by atoms with Gasteiger partial charge in [0.1, 0.15) is 0 Å². The quantitative estimate of drug-likeness (QED) is 0.583. The van der Waals surface area contributed by atoms with Crippen LogP contribution in [0.4, 0.5) is 0 Å². The molecule has 1 saturated heterocycles. The minimum absolute atomic E-state index is 0.367. The summed E-state index contributed by atoms with van der Waals surface area (Å²) in [5, 5.41) is 0. The second kappa shape index (κ2) is 3.37. The fourth-order valence-corrected chi connectivity index (χ4v) is 2.32. The molecule has 1 heterocycles. The molecule has 0 N–H and O–H groups in total. The van der Waals surface area contributed by atoms with E-state index in [4.69, 9.17) is 0 Å². The molecule has 1 aliphatic rings. The number of nitrogens with zero attached hydrogens (tertiary/aromatic N) is 1. The molecule has 0 bridgehead atoms. The number of hydrogen-bond donors (Lipinski definition) is 0. The van der Waals surface area contributed by atoms with Gasteiger partial charge in [-0.05, 0) is 46.1 Å². The summed E-state index contributed by atoms with van der Waals surface area (Å²) in [4.78, 5) is 2.66. The zero-order valence-electron chi connectivity index (χ0n) is 9.22. The molecule has 1 rings (SSSR count). The predicted octanol–water partition coefficient (Wildman–Crippen LogP) is 2.91. The van der Waals surface area contributed by atoms with E-state index in [0.717, 1.165) is 12.0 Å². The molecule has 0 aromatic carbocycles. The Bertz CT molecular complexity index is 144. The third-order valence-electron chi connectivity index (χ3n) is 2.93. The molecule has 1 fully saturated rings. The van der Waals surface area contributed by atoms with Crippen LogP contribution in [0.3, 0.4) is 0 Å². The predicted molar refractivity (Wildman–Crippen MR) is 54.3 cm³/mol. The van der Waals surface area contributed by atoms with Crippen molar-refractivity contribution in [1.29, 1.82) is 0 Å². The third-order valence-corrected chi connectivity index (χ3v) is 2.93. The third kappa shape index (κ3) is 2.01. The first-order valence-corrected chi connectivity index (χ1v) is 5.19. The molecule has 1 atom stereocenters.